The third-order valence-electron chi connectivity index (χ3n) is 6.75. The van der Waals surface area contributed by atoms with Crippen LogP contribution in [0.1, 0.15) is 71.9 Å². The number of nitrogen functional groups attached to an aromatic ring is 2. The first kappa shape index (κ1) is 21.7. The summed E-state index contributed by atoms with van der Waals surface area (Å²) < 4.78 is 0. The molecule has 2 nitrogen and oxygen atoms in total. The van der Waals surface area contributed by atoms with Crippen molar-refractivity contribution in [1.29, 1.82) is 0 Å². The molecule has 0 amide bonds. The van der Waals surface area contributed by atoms with Crippen molar-refractivity contribution < 1.29 is 0 Å². The van der Waals surface area contributed by atoms with E-state index in [0.717, 1.165) is 11.4 Å². The van der Waals surface area contributed by atoms with Gasteiger partial charge in [0.15, 0.2) is 0 Å². The molecule has 0 fully saturated rings. The van der Waals surface area contributed by atoms with Crippen molar-refractivity contribution in [2.45, 2.75) is 38.5 Å². The molecule has 0 aliphatic rings. The van der Waals surface area contributed by atoms with Gasteiger partial charge in [-0.25, -0.2) is 0 Å². The normalized spacial score (nSPS) is 14.0. The fourth-order valence-corrected chi connectivity index (χ4v) is 4.29. The van der Waals surface area contributed by atoms with Gasteiger partial charge in [0.2, 0.25) is 0 Å². The van der Waals surface area contributed by atoms with E-state index in [2.05, 4.69) is 93.6 Å². The fraction of sp³-hybridized carbons (Fsp3) is 0.200. The first-order valence-corrected chi connectivity index (χ1v) is 11.3. The molecule has 162 valence electrons. The highest BCUT2D eigenvalue weighted by atomic mass is 14.5. The molecule has 4 rings (SSSR count). The lowest BCUT2D eigenvalue weighted by Gasteiger charge is -2.18. The van der Waals surface area contributed by atoms with E-state index in [4.69, 9.17) is 11.5 Å². The lowest BCUT2D eigenvalue weighted by molar-refractivity contribution is 0.889. The van der Waals surface area contributed by atoms with Crippen LogP contribution in [-0.2, 0) is 0 Å². The predicted octanol–water partition coefficient (Wildman–Crippen LogP) is 7.31. The van der Waals surface area contributed by atoms with E-state index in [9.17, 15) is 0 Å². The first-order chi connectivity index (χ1) is 15.4. The van der Waals surface area contributed by atoms with Crippen LogP contribution in [0.15, 0.2) is 97.1 Å². The Morgan fingerprint density at radius 3 is 0.688 bits per heavy atom. The highest BCUT2D eigenvalue weighted by Crippen LogP contribution is 2.31. The van der Waals surface area contributed by atoms with Crippen molar-refractivity contribution in [3.8, 4) is 0 Å². The van der Waals surface area contributed by atoms with Gasteiger partial charge in [-0.2, -0.15) is 0 Å². The molecule has 0 aromatic heterocycles. The van der Waals surface area contributed by atoms with Gasteiger partial charge in [0.1, 0.15) is 0 Å². The summed E-state index contributed by atoms with van der Waals surface area (Å²) in [5.41, 5.74) is 21.1. The smallest absolute Gasteiger partial charge is 0.0314 e. The molecule has 0 spiro atoms. The third kappa shape index (κ3) is 4.70. The molecule has 2 atom stereocenters. The molecular weight excluding hydrogens is 388 g/mol. The van der Waals surface area contributed by atoms with Crippen molar-refractivity contribution in [3.05, 3.63) is 130 Å². The number of hydrogen-bond donors (Lipinski definition) is 2. The Kier molecular flexibility index (Phi) is 6.32. The Morgan fingerprint density at radius 2 is 0.500 bits per heavy atom. The van der Waals surface area contributed by atoms with E-state index in [1.54, 1.807) is 0 Å². The second kappa shape index (κ2) is 9.32. The minimum atomic E-state index is 0.342. The summed E-state index contributed by atoms with van der Waals surface area (Å²) in [7, 11) is 0. The van der Waals surface area contributed by atoms with Crippen LogP contribution >= 0.6 is 0 Å². The first-order valence-electron chi connectivity index (χ1n) is 11.3. The lowest BCUT2D eigenvalue weighted by Crippen LogP contribution is -2.01. The van der Waals surface area contributed by atoms with Crippen LogP contribution in [0.5, 0.6) is 0 Å². The molecule has 2 heteroatoms. The zero-order chi connectivity index (χ0) is 22.7. The molecule has 0 heterocycles. The van der Waals surface area contributed by atoms with Crippen LogP contribution < -0.4 is 11.5 Å². The van der Waals surface area contributed by atoms with Crippen LogP contribution in [0, 0.1) is 0 Å². The number of nitrogens with two attached hydrogens (primary N) is 2. The zero-order valence-electron chi connectivity index (χ0n) is 19.1. The predicted molar refractivity (Wildman–Crippen MR) is 137 cm³/mol. The second-order valence-electron chi connectivity index (χ2n) is 8.83. The van der Waals surface area contributed by atoms with Crippen LogP contribution in [0.25, 0.3) is 0 Å². The van der Waals surface area contributed by atoms with Crippen LogP contribution in [0.3, 0.4) is 0 Å². The largest absolute Gasteiger partial charge is 0.399 e. The Labute approximate surface area is 191 Å². The van der Waals surface area contributed by atoms with E-state index in [1.165, 1.54) is 33.4 Å². The summed E-state index contributed by atoms with van der Waals surface area (Å²) in [6, 6.07) is 34.4. The van der Waals surface area contributed by atoms with Gasteiger partial charge < -0.3 is 11.5 Å². The van der Waals surface area contributed by atoms with Crippen molar-refractivity contribution in [3.63, 3.8) is 0 Å². The van der Waals surface area contributed by atoms with E-state index in [-0.39, 0.29) is 0 Å². The lowest BCUT2D eigenvalue weighted by atomic mass is 9.87. The average molecular weight is 421 g/mol. The molecule has 4 aromatic carbocycles. The Bertz CT molecular complexity index is 1050. The van der Waals surface area contributed by atoms with Crippen LogP contribution in [0.4, 0.5) is 11.4 Å². The second-order valence-corrected chi connectivity index (χ2v) is 8.83. The van der Waals surface area contributed by atoms with Crippen molar-refractivity contribution >= 4 is 11.4 Å². The minimum absolute atomic E-state index is 0.342. The zero-order valence-corrected chi connectivity index (χ0v) is 19.1. The Hall–Kier alpha value is -3.52. The van der Waals surface area contributed by atoms with E-state index >= 15 is 0 Å². The molecule has 0 saturated carbocycles. The minimum Gasteiger partial charge on any atom is -0.399 e. The number of benzene rings is 4. The quantitative estimate of drug-likeness (QED) is 0.321. The van der Waals surface area contributed by atoms with E-state index < -0.39 is 0 Å². The van der Waals surface area contributed by atoms with Gasteiger partial charge >= 0.3 is 0 Å². The van der Waals surface area contributed by atoms with Crippen molar-refractivity contribution in [2.75, 3.05) is 11.5 Å². The van der Waals surface area contributed by atoms with Gasteiger partial charge in [0.25, 0.3) is 0 Å². The number of anilines is 2. The molecule has 4 N–H and O–H groups in total. The van der Waals surface area contributed by atoms with Gasteiger partial charge in [-0.1, -0.05) is 93.6 Å². The standard InChI is InChI=1S/C30H32N2/c1-20(23-4-8-25(9-5-23)21(2)27-12-16-29(31)17-13-27)24-6-10-26(11-7-24)22(3)28-14-18-30(32)19-15-28/h4-22H,31-32H2,1-3H3. The van der Waals surface area contributed by atoms with Gasteiger partial charge in [0.05, 0.1) is 0 Å². The molecule has 0 radical (unpaired) electrons. The molecule has 0 aliphatic heterocycles. The summed E-state index contributed by atoms with van der Waals surface area (Å²) in [6.07, 6.45) is 0. The van der Waals surface area contributed by atoms with Gasteiger partial charge in [-0.15, -0.1) is 0 Å². The van der Waals surface area contributed by atoms with Crippen molar-refractivity contribution in [2.24, 2.45) is 0 Å². The average Bonchev–Trinajstić information content (AvgIpc) is 2.84. The molecule has 0 bridgehead atoms. The summed E-state index contributed by atoms with van der Waals surface area (Å²) in [5.74, 6) is 1.03. The summed E-state index contributed by atoms with van der Waals surface area (Å²) >= 11 is 0. The van der Waals surface area contributed by atoms with Gasteiger partial charge in [0, 0.05) is 29.1 Å². The van der Waals surface area contributed by atoms with Gasteiger partial charge in [-0.3, -0.25) is 0 Å². The number of rotatable bonds is 6. The number of hydrogen-bond acceptors (Lipinski definition) is 2. The maximum absolute atomic E-state index is 5.83. The molecule has 2 unspecified atom stereocenters. The maximum atomic E-state index is 5.83. The SMILES string of the molecule is CC(c1ccc(N)cc1)c1ccc(C(C)c2ccc(C(C)c3ccc(N)cc3)cc2)cc1. The van der Waals surface area contributed by atoms with E-state index in [1.807, 2.05) is 24.3 Å². The highest BCUT2D eigenvalue weighted by molar-refractivity contribution is 5.45. The summed E-state index contributed by atoms with van der Waals surface area (Å²) in [6.45, 7) is 6.76. The maximum Gasteiger partial charge on any atom is 0.0314 e. The van der Waals surface area contributed by atoms with Crippen molar-refractivity contribution in [1.82, 2.24) is 0 Å². The molecule has 4 aromatic rings. The summed E-state index contributed by atoms with van der Waals surface area (Å²) in [4.78, 5) is 0. The highest BCUT2D eigenvalue weighted by Gasteiger charge is 2.13. The Balaban J connectivity index is 1.47. The molecule has 32 heavy (non-hydrogen) atoms. The third-order valence-corrected chi connectivity index (χ3v) is 6.75. The summed E-state index contributed by atoms with van der Waals surface area (Å²) in [5, 5.41) is 0. The van der Waals surface area contributed by atoms with Gasteiger partial charge in [-0.05, 0) is 57.6 Å². The van der Waals surface area contributed by atoms with Crippen LogP contribution in [-0.4, -0.2) is 0 Å². The fourth-order valence-electron chi connectivity index (χ4n) is 4.29. The molecule has 0 aliphatic carbocycles. The molecular formula is C30H32N2. The molecule has 0 saturated heterocycles. The monoisotopic (exact) mass is 420 g/mol. The van der Waals surface area contributed by atoms with E-state index in [0.29, 0.717) is 17.8 Å². The van der Waals surface area contributed by atoms with Crippen LogP contribution in [0.2, 0.25) is 0 Å². The topological polar surface area (TPSA) is 52.0 Å². The Morgan fingerprint density at radius 1 is 0.344 bits per heavy atom.